The van der Waals surface area contributed by atoms with Crippen molar-refractivity contribution >= 4 is 17.1 Å². The van der Waals surface area contributed by atoms with E-state index in [1.165, 1.54) is 103 Å². The molecule has 0 spiro atoms. The van der Waals surface area contributed by atoms with Crippen molar-refractivity contribution in [3.8, 4) is 0 Å². The van der Waals surface area contributed by atoms with Gasteiger partial charge in [-0.15, -0.1) is 0 Å². The lowest BCUT2D eigenvalue weighted by atomic mass is 10.0. The van der Waals surface area contributed by atoms with Gasteiger partial charge in [-0.25, -0.2) is 0 Å². The maximum absolute atomic E-state index is 8.78. The van der Waals surface area contributed by atoms with Gasteiger partial charge in [0.2, 0.25) is 0 Å². The lowest BCUT2D eigenvalue weighted by Crippen LogP contribution is -1.97. The van der Waals surface area contributed by atoms with Crippen molar-refractivity contribution in [2.75, 3.05) is 6.61 Å². The summed E-state index contributed by atoms with van der Waals surface area (Å²) >= 11 is 5.20. The molecule has 0 unspecified atom stereocenters. The largest absolute Gasteiger partial charge is 0.396 e. The van der Waals surface area contributed by atoms with Gasteiger partial charge in [-0.2, -0.15) is 0 Å². The molecule has 0 aromatic rings. The first-order valence-electron chi connectivity index (χ1n) is 10.4. The van der Waals surface area contributed by atoms with E-state index in [9.17, 15) is 0 Å². The van der Waals surface area contributed by atoms with E-state index in [2.05, 4.69) is 6.92 Å². The number of unbranched alkanes of at least 4 members (excludes halogenated alkanes) is 15. The highest BCUT2D eigenvalue weighted by Crippen LogP contribution is 2.14. The highest BCUT2D eigenvalue weighted by atomic mass is 32.1. The zero-order valence-electron chi connectivity index (χ0n) is 15.8. The summed E-state index contributed by atoms with van der Waals surface area (Å²) in [6.07, 6.45) is 24.3. The van der Waals surface area contributed by atoms with E-state index in [0.717, 1.165) is 11.3 Å². The lowest BCUT2D eigenvalue weighted by Gasteiger charge is -2.04. The molecule has 0 aromatic heterocycles. The van der Waals surface area contributed by atoms with Gasteiger partial charge in [-0.1, -0.05) is 115 Å². The summed E-state index contributed by atoms with van der Waals surface area (Å²) in [4.78, 5) is 1.05. The van der Waals surface area contributed by atoms with Gasteiger partial charge in [0.1, 0.15) is 0 Å². The summed E-state index contributed by atoms with van der Waals surface area (Å²) in [5.74, 6) is 0. The van der Waals surface area contributed by atoms with Crippen molar-refractivity contribution in [2.45, 2.75) is 122 Å². The third-order valence-electron chi connectivity index (χ3n) is 4.70. The number of aliphatic hydroxyl groups excluding tert-OH is 1. The SMILES string of the molecule is CCCCCCCCCCCCCCCCCCC(=S)CCO. The summed E-state index contributed by atoms with van der Waals surface area (Å²) in [6.45, 7) is 2.51. The summed E-state index contributed by atoms with van der Waals surface area (Å²) in [7, 11) is 0. The first kappa shape index (κ1) is 23.1. The fraction of sp³-hybridized carbons (Fsp3) is 0.952. The molecule has 1 nitrogen and oxygen atoms in total. The minimum Gasteiger partial charge on any atom is -0.396 e. The standard InChI is InChI=1S/C21H42OS/c1-2-3-4-5-6-7-8-9-10-11-12-13-14-15-16-17-18-21(23)19-20-22/h22H,2-20H2,1H3. The second kappa shape index (κ2) is 20.1. The van der Waals surface area contributed by atoms with Gasteiger partial charge in [0, 0.05) is 13.0 Å². The Bertz CT molecular complexity index is 240. The molecule has 0 aliphatic rings. The van der Waals surface area contributed by atoms with Crippen LogP contribution in [-0.4, -0.2) is 16.6 Å². The Kier molecular flexibility index (Phi) is 20.1. The molecule has 0 heterocycles. The van der Waals surface area contributed by atoms with Gasteiger partial charge in [0.15, 0.2) is 0 Å². The van der Waals surface area contributed by atoms with E-state index in [4.69, 9.17) is 17.3 Å². The molecule has 138 valence electrons. The van der Waals surface area contributed by atoms with Crippen LogP contribution in [0, 0.1) is 0 Å². The summed E-state index contributed by atoms with van der Waals surface area (Å²) in [5, 5.41) is 8.78. The second-order valence-corrected chi connectivity index (χ2v) is 7.64. The van der Waals surface area contributed by atoms with Crippen molar-refractivity contribution in [1.82, 2.24) is 0 Å². The van der Waals surface area contributed by atoms with Crippen molar-refractivity contribution in [1.29, 1.82) is 0 Å². The number of thiocarbonyl (C=S) groups is 1. The third-order valence-corrected chi connectivity index (χ3v) is 5.11. The topological polar surface area (TPSA) is 20.2 Å². The van der Waals surface area contributed by atoms with Crippen molar-refractivity contribution in [3.63, 3.8) is 0 Å². The number of aliphatic hydroxyl groups is 1. The van der Waals surface area contributed by atoms with Gasteiger partial charge in [-0.05, 0) is 17.7 Å². The fourth-order valence-corrected chi connectivity index (χ4v) is 3.36. The average Bonchev–Trinajstić information content (AvgIpc) is 2.54. The van der Waals surface area contributed by atoms with Crippen LogP contribution in [0.4, 0.5) is 0 Å². The minimum absolute atomic E-state index is 0.220. The van der Waals surface area contributed by atoms with Crippen molar-refractivity contribution < 1.29 is 5.11 Å². The molecule has 0 aliphatic heterocycles. The minimum atomic E-state index is 0.220. The first-order chi connectivity index (χ1) is 11.3. The molecule has 0 radical (unpaired) electrons. The van der Waals surface area contributed by atoms with Gasteiger partial charge >= 0.3 is 0 Å². The molecule has 0 fully saturated rings. The van der Waals surface area contributed by atoms with E-state index in [-0.39, 0.29) is 6.61 Å². The molecule has 23 heavy (non-hydrogen) atoms. The molecular weight excluding hydrogens is 300 g/mol. The molecule has 0 rings (SSSR count). The van der Waals surface area contributed by atoms with Gasteiger partial charge in [-0.3, -0.25) is 0 Å². The van der Waals surface area contributed by atoms with Crippen LogP contribution in [0.2, 0.25) is 0 Å². The number of hydrogen-bond donors (Lipinski definition) is 1. The Hall–Kier alpha value is 0.0500. The molecular formula is C21H42OS. The quantitative estimate of drug-likeness (QED) is 0.195. The van der Waals surface area contributed by atoms with E-state index < -0.39 is 0 Å². The predicted octanol–water partition coefficient (Wildman–Crippen LogP) is 7.39. The zero-order valence-corrected chi connectivity index (χ0v) is 16.6. The van der Waals surface area contributed by atoms with Gasteiger partial charge < -0.3 is 5.11 Å². The fourth-order valence-electron chi connectivity index (χ4n) is 3.12. The smallest absolute Gasteiger partial charge is 0.0476 e. The Morgan fingerprint density at radius 2 is 0.913 bits per heavy atom. The summed E-state index contributed by atoms with van der Waals surface area (Å²) in [6, 6.07) is 0. The van der Waals surface area contributed by atoms with E-state index in [0.29, 0.717) is 6.42 Å². The van der Waals surface area contributed by atoms with Crippen molar-refractivity contribution in [2.24, 2.45) is 0 Å². The number of rotatable bonds is 19. The highest BCUT2D eigenvalue weighted by Gasteiger charge is 1.97. The Morgan fingerprint density at radius 1 is 0.565 bits per heavy atom. The third kappa shape index (κ3) is 20.0. The van der Waals surface area contributed by atoms with Crippen LogP contribution < -0.4 is 0 Å². The first-order valence-corrected chi connectivity index (χ1v) is 10.8. The van der Waals surface area contributed by atoms with Crippen LogP contribution in [0.1, 0.15) is 122 Å². The molecule has 0 amide bonds. The Labute approximate surface area is 151 Å². The van der Waals surface area contributed by atoms with Crippen molar-refractivity contribution in [3.05, 3.63) is 0 Å². The molecule has 0 aromatic carbocycles. The second-order valence-electron chi connectivity index (χ2n) is 7.07. The average molecular weight is 343 g/mol. The molecule has 0 bridgehead atoms. The maximum Gasteiger partial charge on any atom is 0.0476 e. The van der Waals surface area contributed by atoms with Crippen LogP contribution >= 0.6 is 12.2 Å². The van der Waals surface area contributed by atoms with Crippen LogP contribution in [0.25, 0.3) is 0 Å². The lowest BCUT2D eigenvalue weighted by molar-refractivity contribution is 0.307. The zero-order chi connectivity index (χ0) is 17.0. The van der Waals surface area contributed by atoms with Gasteiger partial charge in [0.05, 0.1) is 0 Å². The number of hydrogen-bond acceptors (Lipinski definition) is 2. The highest BCUT2D eigenvalue weighted by molar-refractivity contribution is 7.80. The monoisotopic (exact) mass is 342 g/mol. The molecule has 0 atom stereocenters. The van der Waals surface area contributed by atoms with Crippen LogP contribution in [0.5, 0.6) is 0 Å². The summed E-state index contributed by atoms with van der Waals surface area (Å²) < 4.78 is 0. The summed E-state index contributed by atoms with van der Waals surface area (Å²) in [5.41, 5.74) is 0. The van der Waals surface area contributed by atoms with E-state index in [1.807, 2.05) is 0 Å². The Balaban J connectivity index is 3.01. The predicted molar refractivity (Wildman–Crippen MR) is 108 cm³/mol. The van der Waals surface area contributed by atoms with Gasteiger partial charge in [0.25, 0.3) is 0 Å². The molecule has 0 aliphatic carbocycles. The normalized spacial score (nSPS) is 11.0. The molecule has 0 saturated carbocycles. The van der Waals surface area contributed by atoms with E-state index >= 15 is 0 Å². The molecule has 2 heteroatoms. The maximum atomic E-state index is 8.78. The molecule has 1 N–H and O–H groups in total. The Morgan fingerprint density at radius 3 is 1.26 bits per heavy atom. The van der Waals surface area contributed by atoms with E-state index in [1.54, 1.807) is 0 Å². The van der Waals surface area contributed by atoms with Crippen LogP contribution in [-0.2, 0) is 0 Å². The molecule has 0 saturated heterocycles. The van der Waals surface area contributed by atoms with Crippen LogP contribution in [0.3, 0.4) is 0 Å². The van der Waals surface area contributed by atoms with Crippen LogP contribution in [0.15, 0.2) is 0 Å².